The second-order valence-electron chi connectivity index (χ2n) is 10.8. The first-order valence-electron chi connectivity index (χ1n) is 15.0. The first-order valence-corrected chi connectivity index (χ1v) is 16.0. The first kappa shape index (κ1) is 35.0. The Balaban J connectivity index is 0.000000412. The van der Waals surface area contributed by atoms with Crippen LogP contribution in [0.4, 0.5) is 4.79 Å². The molecule has 0 aromatic heterocycles. The molecule has 0 aromatic carbocycles. The number of nitro groups is 1. The van der Waals surface area contributed by atoms with E-state index in [0.717, 1.165) is 82.8 Å². The van der Waals surface area contributed by atoms with Crippen LogP contribution in [0.5, 0.6) is 0 Å². The Labute approximate surface area is 238 Å². The molecule has 39 heavy (non-hydrogen) atoms. The molecule has 226 valence electrons. The van der Waals surface area contributed by atoms with Gasteiger partial charge in [-0.15, -0.1) is 0 Å². The van der Waals surface area contributed by atoms with E-state index < -0.39 is 11.9 Å². The van der Waals surface area contributed by atoms with E-state index in [-0.39, 0.29) is 41.9 Å². The highest BCUT2D eigenvalue weighted by molar-refractivity contribution is 8.00. The van der Waals surface area contributed by atoms with E-state index in [9.17, 15) is 24.5 Å². The Morgan fingerprint density at radius 3 is 1.92 bits per heavy atom. The molecule has 2 rings (SSSR count). The van der Waals surface area contributed by atoms with Gasteiger partial charge < -0.3 is 20.8 Å². The second kappa shape index (κ2) is 21.7. The van der Waals surface area contributed by atoms with Gasteiger partial charge in [-0.05, 0) is 32.1 Å². The van der Waals surface area contributed by atoms with Crippen LogP contribution in [-0.4, -0.2) is 62.2 Å². The average molecular weight is 574 g/mol. The molecule has 4 N–H and O–H groups in total. The lowest BCUT2D eigenvalue weighted by molar-refractivity contribution is -0.524. The number of carboxylic acids is 2. The van der Waals surface area contributed by atoms with E-state index in [1.165, 1.54) is 25.7 Å². The number of nitrogens with one attached hydrogen (secondary N) is 2. The Morgan fingerprint density at radius 2 is 1.38 bits per heavy atom. The van der Waals surface area contributed by atoms with Crippen LogP contribution in [0.1, 0.15) is 129 Å². The topological polar surface area (TPSA) is 159 Å². The Kier molecular flexibility index (Phi) is 19.5. The maximum Gasteiger partial charge on any atom is 0.315 e. The number of hydrogen-bond donors (Lipinski definition) is 4. The highest BCUT2D eigenvalue weighted by Crippen LogP contribution is 2.33. The van der Waals surface area contributed by atoms with Gasteiger partial charge in [0, 0.05) is 41.6 Å². The average Bonchev–Trinajstić information content (AvgIpc) is 3.43. The summed E-state index contributed by atoms with van der Waals surface area (Å²) < 4.78 is 0. The molecule has 1 unspecified atom stereocenters. The van der Waals surface area contributed by atoms with Crippen molar-refractivity contribution in [2.45, 2.75) is 152 Å². The van der Waals surface area contributed by atoms with E-state index in [1.807, 2.05) is 11.8 Å². The van der Waals surface area contributed by atoms with E-state index in [0.29, 0.717) is 11.7 Å². The third kappa shape index (κ3) is 17.3. The lowest BCUT2D eigenvalue weighted by Crippen LogP contribution is -2.36. The number of urea groups is 1. The fourth-order valence-electron chi connectivity index (χ4n) is 5.14. The molecular formula is C28H51N3O7S. The number of carboxylic acid groups (broad SMARTS) is 2. The number of unbranched alkanes of at least 4 members (excludes halogenated alkanes) is 11. The molecule has 0 saturated carbocycles. The molecule has 2 aliphatic heterocycles. The summed E-state index contributed by atoms with van der Waals surface area (Å²) in [5.74, 6) is -0.492. The number of amides is 2. The molecule has 2 fully saturated rings. The molecule has 2 amide bonds. The first-order chi connectivity index (χ1) is 18.7. The van der Waals surface area contributed by atoms with Crippen LogP contribution < -0.4 is 10.6 Å². The van der Waals surface area contributed by atoms with Crippen molar-refractivity contribution in [1.29, 1.82) is 0 Å². The van der Waals surface area contributed by atoms with Gasteiger partial charge in [-0.2, -0.15) is 11.8 Å². The molecule has 10 nitrogen and oxygen atoms in total. The van der Waals surface area contributed by atoms with Gasteiger partial charge in [-0.25, -0.2) is 4.79 Å². The molecule has 2 saturated heterocycles. The summed E-state index contributed by atoms with van der Waals surface area (Å²) in [7, 11) is 0. The summed E-state index contributed by atoms with van der Waals surface area (Å²) in [6.07, 6.45) is 17.3. The smallest absolute Gasteiger partial charge is 0.315 e. The fourth-order valence-corrected chi connectivity index (χ4v) is 6.69. The number of carbonyl (C=O) groups is 3. The van der Waals surface area contributed by atoms with E-state index >= 15 is 0 Å². The minimum atomic E-state index is -0.729. The maximum atomic E-state index is 11.1. The molecule has 11 heteroatoms. The minimum absolute atomic E-state index is 0.0640. The van der Waals surface area contributed by atoms with Crippen molar-refractivity contribution in [2.24, 2.45) is 0 Å². The van der Waals surface area contributed by atoms with Crippen LogP contribution in [0.25, 0.3) is 0 Å². The summed E-state index contributed by atoms with van der Waals surface area (Å²) in [6, 6.07) is 0.0725. The van der Waals surface area contributed by atoms with E-state index in [4.69, 9.17) is 10.2 Å². The van der Waals surface area contributed by atoms with Crippen LogP contribution in [0, 0.1) is 10.1 Å². The van der Waals surface area contributed by atoms with E-state index in [2.05, 4.69) is 17.6 Å². The van der Waals surface area contributed by atoms with Crippen LogP contribution in [0.3, 0.4) is 0 Å². The van der Waals surface area contributed by atoms with Crippen LogP contribution in [-0.2, 0) is 9.59 Å². The highest BCUT2D eigenvalue weighted by atomic mass is 32.2. The molecule has 2 aliphatic rings. The van der Waals surface area contributed by atoms with Gasteiger partial charge in [0.25, 0.3) is 0 Å². The molecule has 0 spiro atoms. The minimum Gasteiger partial charge on any atom is -0.481 e. The summed E-state index contributed by atoms with van der Waals surface area (Å²) in [5.41, 5.74) is 0. The largest absolute Gasteiger partial charge is 0.481 e. The normalized spacial score (nSPS) is 20.3. The standard InChI is InChI=1S/C18H35NO4.C10H16N2O3S/c1-2-3-4-5-8-11-14-17(19(22)23)15-12-9-6-7-10-13-16-18(20)21;13-8(14)4-2-1-3-7-9-6(5-16-7)11-10(15)12-9/h17H,2-16H2,1H3,(H,20,21);6-7,9H,1-5H2,(H,13,14)(H2,11,12,15)/t;6-,7-,9-/m.0/s1. The van der Waals surface area contributed by atoms with Crippen LogP contribution >= 0.6 is 11.8 Å². The zero-order valence-corrected chi connectivity index (χ0v) is 24.6. The van der Waals surface area contributed by atoms with Crippen molar-refractivity contribution in [3.63, 3.8) is 0 Å². The summed E-state index contributed by atoms with van der Waals surface area (Å²) in [4.78, 5) is 42.8. The highest BCUT2D eigenvalue weighted by Gasteiger charge is 2.42. The van der Waals surface area contributed by atoms with Crippen molar-refractivity contribution in [3.8, 4) is 0 Å². The van der Waals surface area contributed by atoms with Crippen molar-refractivity contribution < 1.29 is 29.5 Å². The van der Waals surface area contributed by atoms with Crippen molar-refractivity contribution in [2.75, 3.05) is 5.75 Å². The van der Waals surface area contributed by atoms with Crippen LogP contribution in [0.2, 0.25) is 0 Å². The summed E-state index contributed by atoms with van der Waals surface area (Å²) >= 11 is 1.87. The lowest BCUT2D eigenvalue weighted by Gasteiger charge is -2.16. The quantitative estimate of drug-likeness (QED) is 0.0502. The number of carbonyl (C=O) groups excluding carboxylic acids is 1. The van der Waals surface area contributed by atoms with Gasteiger partial charge in [-0.3, -0.25) is 19.7 Å². The summed E-state index contributed by atoms with van der Waals surface area (Å²) in [5, 5.41) is 34.4. The predicted octanol–water partition coefficient (Wildman–Crippen LogP) is 6.38. The van der Waals surface area contributed by atoms with Gasteiger partial charge >= 0.3 is 18.0 Å². The number of aliphatic carboxylic acids is 2. The van der Waals surface area contributed by atoms with Gasteiger partial charge in [0.05, 0.1) is 12.1 Å². The van der Waals surface area contributed by atoms with Gasteiger partial charge in [0.15, 0.2) is 0 Å². The lowest BCUT2D eigenvalue weighted by atomic mass is 10.0. The molecular weight excluding hydrogens is 522 g/mol. The Hall–Kier alpha value is -2.04. The summed E-state index contributed by atoms with van der Waals surface area (Å²) in [6.45, 7) is 2.19. The van der Waals surface area contributed by atoms with Crippen molar-refractivity contribution >= 4 is 29.7 Å². The van der Waals surface area contributed by atoms with E-state index in [1.54, 1.807) is 0 Å². The number of thioether (sulfide) groups is 1. The van der Waals surface area contributed by atoms with Crippen molar-refractivity contribution in [1.82, 2.24) is 10.6 Å². The number of rotatable bonds is 22. The third-order valence-corrected chi connectivity index (χ3v) is 8.94. The molecule has 0 bridgehead atoms. The monoisotopic (exact) mass is 573 g/mol. The molecule has 0 aromatic rings. The third-order valence-electron chi connectivity index (χ3n) is 7.43. The molecule has 4 atom stereocenters. The zero-order valence-electron chi connectivity index (χ0n) is 23.7. The Morgan fingerprint density at radius 1 is 0.872 bits per heavy atom. The van der Waals surface area contributed by atoms with Gasteiger partial charge in [0.2, 0.25) is 6.04 Å². The Bertz CT molecular complexity index is 725. The second-order valence-corrected chi connectivity index (χ2v) is 12.1. The fraction of sp³-hybridized carbons (Fsp3) is 0.893. The van der Waals surface area contributed by atoms with Crippen molar-refractivity contribution in [3.05, 3.63) is 10.1 Å². The zero-order chi connectivity index (χ0) is 28.9. The SMILES string of the molecule is CCCCCCCCC(CCCCCCCCC(=O)O)[N+](=O)[O-].O=C(O)CCCC[C@@H]1SC[C@@H]2NC(=O)N[C@@H]21. The maximum absolute atomic E-state index is 11.1. The molecule has 0 aliphatic carbocycles. The molecule has 0 radical (unpaired) electrons. The van der Waals surface area contributed by atoms with Crippen LogP contribution in [0.15, 0.2) is 0 Å². The van der Waals surface area contributed by atoms with Gasteiger partial charge in [0.1, 0.15) is 0 Å². The number of fused-ring (bicyclic) bond motifs is 1. The van der Waals surface area contributed by atoms with Gasteiger partial charge in [-0.1, -0.05) is 71.1 Å². The molecule has 2 heterocycles. The predicted molar refractivity (Wildman–Crippen MR) is 155 cm³/mol. The number of hydrogen-bond acceptors (Lipinski definition) is 6. The number of nitrogens with zero attached hydrogens (tertiary/aromatic N) is 1.